The molecule has 32 heavy (non-hydrogen) atoms. The summed E-state index contributed by atoms with van der Waals surface area (Å²) in [7, 11) is 0. The van der Waals surface area contributed by atoms with Crippen LogP contribution in [-0.2, 0) is 9.53 Å². The molecule has 0 aliphatic rings. The Labute approximate surface area is 188 Å². The summed E-state index contributed by atoms with van der Waals surface area (Å²) in [4.78, 5) is 49.6. The molecule has 164 valence electrons. The molecule has 1 aromatic heterocycles. The molecule has 1 unspecified atom stereocenters. The van der Waals surface area contributed by atoms with Gasteiger partial charge in [0, 0.05) is 34.2 Å². The number of non-ortho nitro benzene ring substituents is 1. The van der Waals surface area contributed by atoms with Crippen LogP contribution in [0.4, 0.5) is 16.5 Å². The number of ether oxygens (including phenoxy) is 1. The van der Waals surface area contributed by atoms with E-state index in [1.54, 1.807) is 11.4 Å². The van der Waals surface area contributed by atoms with Crippen LogP contribution in [0.25, 0.3) is 11.3 Å². The Morgan fingerprint density at radius 2 is 1.91 bits per heavy atom. The molecule has 0 saturated heterocycles. The molecule has 11 nitrogen and oxygen atoms in total. The van der Waals surface area contributed by atoms with Gasteiger partial charge >= 0.3 is 5.97 Å². The third-order valence-corrected chi connectivity index (χ3v) is 5.11. The number of nitro benzene ring substituents is 2. The summed E-state index contributed by atoms with van der Waals surface area (Å²) in [5.74, 6) is -1.78. The summed E-state index contributed by atoms with van der Waals surface area (Å²) in [6.07, 6.45) is -1.29. The normalized spacial score (nSPS) is 11.4. The number of benzene rings is 2. The van der Waals surface area contributed by atoms with Gasteiger partial charge in [-0.2, -0.15) is 0 Å². The lowest BCUT2D eigenvalue weighted by Gasteiger charge is -2.12. The average molecular weight is 477 g/mol. The molecule has 0 bridgehead atoms. The zero-order chi connectivity index (χ0) is 23.4. The van der Waals surface area contributed by atoms with Gasteiger partial charge in [-0.3, -0.25) is 30.3 Å². The first kappa shape index (κ1) is 22.8. The molecule has 0 fully saturated rings. The lowest BCUT2D eigenvalue weighted by Crippen LogP contribution is -2.30. The predicted octanol–water partition coefficient (Wildman–Crippen LogP) is 4.46. The van der Waals surface area contributed by atoms with Crippen LogP contribution in [0.5, 0.6) is 0 Å². The third kappa shape index (κ3) is 5.22. The van der Waals surface area contributed by atoms with E-state index in [9.17, 15) is 29.8 Å². The van der Waals surface area contributed by atoms with E-state index in [1.807, 2.05) is 0 Å². The number of carbonyl (C=O) groups is 2. The smallest absolute Gasteiger partial charge is 0.345 e. The Hall–Kier alpha value is -3.90. The van der Waals surface area contributed by atoms with Crippen molar-refractivity contribution in [2.75, 3.05) is 5.32 Å². The van der Waals surface area contributed by atoms with E-state index in [1.165, 1.54) is 31.2 Å². The first-order valence-corrected chi connectivity index (χ1v) is 10.1. The highest BCUT2D eigenvalue weighted by Crippen LogP contribution is 2.28. The van der Waals surface area contributed by atoms with Gasteiger partial charge in [0.1, 0.15) is 5.56 Å². The third-order valence-electron chi connectivity index (χ3n) is 4.12. The Kier molecular flexibility index (Phi) is 6.76. The molecule has 1 amide bonds. The number of aromatic nitrogens is 1. The van der Waals surface area contributed by atoms with Gasteiger partial charge in [0.15, 0.2) is 11.2 Å². The molecule has 0 saturated carbocycles. The van der Waals surface area contributed by atoms with Crippen molar-refractivity contribution in [2.45, 2.75) is 13.0 Å². The molecule has 13 heteroatoms. The number of nitro groups is 2. The van der Waals surface area contributed by atoms with Crippen LogP contribution in [0, 0.1) is 20.2 Å². The second-order valence-corrected chi connectivity index (χ2v) is 7.60. The lowest BCUT2D eigenvalue weighted by molar-refractivity contribution is -0.385. The Morgan fingerprint density at radius 3 is 2.59 bits per heavy atom. The van der Waals surface area contributed by atoms with E-state index in [0.717, 1.165) is 23.5 Å². The van der Waals surface area contributed by atoms with E-state index >= 15 is 0 Å². The number of anilines is 1. The minimum atomic E-state index is -1.29. The maximum absolute atomic E-state index is 12.4. The van der Waals surface area contributed by atoms with Gasteiger partial charge in [0.2, 0.25) is 0 Å². The van der Waals surface area contributed by atoms with Crippen LogP contribution in [0.15, 0.2) is 47.8 Å². The number of hydrogen-bond donors (Lipinski definition) is 1. The van der Waals surface area contributed by atoms with Crippen LogP contribution < -0.4 is 5.32 Å². The monoisotopic (exact) mass is 476 g/mol. The lowest BCUT2D eigenvalue weighted by atomic mass is 10.1. The van der Waals surface area contributed by atoms with E-state index in [4.69, 9.17) is 16.3 Å². The zero-order valence-corrected chi connectivity index (χ0v) is 17.8. The molecular weight excluding hydrogens is 464 g/mol. The van der Waals surface area contributed by atoms with Gasteiger partial charge in [-0.15, -0.1) is 11.3 Å². The average Bonchev–Trinajstić information content (AvgIpc) is 3.22. The maximum atomic E-state index is 12.4. The van der Waals surface area contributed by atoms with Crippen molar-refractivity contribution in [1.82, 2.24) is 4.98 Å². The molecule has 3 rings (SSSR count). The molecule has 1 atom stereocenters. The molecule has 2 aromatic carbocycles. The molecule has 1 N–H and O–H groups in total. The summed E-state index contributed by atoms with van der Waals surface area (Å²) in [6.45, 7) is 1.30. The van der Waals surface area contributed by atoms with Crippen molar-refractivity contribution < 1.29 is 24.2 Å². The molecular formula is C19H13ClN4O7S. The number of thiazole rings is 1. The van der Waals surface area contributed by atoms with Crippen LogP contribution in [0.3, 0.4) is 0 Å². The SMILES string of the molecule is CC(OC(=O)c1ccc(Cl)cc1[N+](=O)[O-])C(=O)Nc1nc(-c2cccc([N+](=O)[O-])c2)cs1. The van der Waals surface area contributed by atoms with E-state index in [-0.39, 0.29) is 21.4 Å². The molecule has 0 aliphatic carbocycles. The van der Waals surface area contributed by atoms with Gasteiger partial charge < -0.3 is 4.74 Å². The van der Waals surface area contributed by atoms with Gasteiger partial charge in [-0.1, -0.05) is 23.7 Å². The molecule has 0 aliphatic heterocycles. The zero-order valence-electron chi connectivity index (χ0n) is 16.2. The summed E-state index contributed by atoms with van der Waals surface area (Å²) >= 11 is 6.79. The maximum Gasteiger partial charge on any atom is 0.345 e. The number of hydrogen-bond acceptors (Lipinski definition) is 9. The highest BCUT2D eigenvalue weighted by Gasteiger charge is 2.26. The quantitative estimate of drug-likeness (QED) is 0.297. The molecule has 0 spiro atoms. The van der Waals surface area contributed by atoms with Crippen molar-refractivity contribution in [3.05, 3.63) is 78.7 Å². The molecule has 1 heterocycles. The number of carbonyl (C=O) groups excluding carboxylic acids is 2. The fourth-order valence-electron chi connectivity index (χ4n) is 2.56. The van der Waals surface area contributed by atoms with Crippen molar-refractivity contribution in [1.29, 1.82) is 0 Å². The number of halogens is 1. The molecule has 0 radical (unpaired) electrons. The fraction of sp³-hybridized carbons (Fsp3) is 0.105. The second-order valence-electron chi connectivity index (χ2n) is 6.30. The Balaban J connectivity index is 1.68. The van der Waals surface area contributed by atoms with Crippen LogP contribution in [0.2, 0.25) is 5.02 Å². The minimum absolute atomic E-state index is 0.0716. The highest BCUT2D eigenvalue weighted by molar-refractivity contribution is 7.14. The second kappa shape index (κ2) is 9.49. The van der Waals surface area contributed by atoms with Crippen molar-refractivity contribution >= 4 is 51.3 Å². The van der Waals surface area contributed by atoms with Gasteiger partial charge in [0.25, 0.3) is 17.3 Å². The Bertz CT molecular complexity index is 1230. The van der Waals surface area contributed by atoms with Gasteiger partial charge in [-0.05, 0) is 19.1 Å². The summed E-state index contributed by atoms with van der Waals surface area (Å²) in [5.41, 5.74) is -0.0864. The number of rotatable bonds is 7. The Morgan fingerprint density at radius 1 is 1.16 bits per heavy atom. The topological polar surface area (TPSA) is 155 Å². The van der Waals surface area contributed by atoms with E-state index in [2.05, 4.69) is 10.3 Å². The van der Waals surface area contributed by atoms with Crippen molar-refractivity contribution in [3.63, 3.8) is 0 Å². The van der Waals surface area contributed by atoms with Gasteiger partial charge in [0.05, 0.1) is 15.5 Å². The number of nitrogens with zero attached hydrogens (tertiary/aromatic N) is 3. The van der Waals surface area contributed by atoms with Crippen molar-refractivity contribution in [3.8, 4) is 11.3 Å². The van der Waals surface area contributed by atoms with E-state index in [0.29, 0.717) is 11.3 Å². The van der Waals surface area contributed by atoms with Gasteiger partial charge in [-0.25, -0.2) is 9.78 Å². The first-order valence-electron chi connectivity index (χ1n) is 8.82. The van der Waals surface area contributed by atoms with Crippen molar-refractivity contribution in [2.24, 2.45) is 0 Å². The molecule has 3 aromatic rings. The number of amides is 1. The van der Waals surface area contributed by atoms with Crippen LogP contribution in [-0.4, -0.2) is 32.8 Å². The largest absolute Gasteiger partial charge is 0.449 e. The standard InChI is InChI=1S/C19H13ClN4O7S/c1-10(31-18(26)14-6-5-12(20)8-16(14)24(29)30)17(25)22-19-21-15(9-32-19)11-3-2-4-13(7-11)23(27)28/h2-10H,1H3,(H,21,22,25). The summed E-state index contributed by atoms with van der Waals surface area (Å²) in [6, 6.07) is 9.29. The minimum Gasteiger partial charge on any atom is -0.449 e. The van der Waals surface area contributed by atoms with Crippen LogP contribution >= 0.6 is 22.9 Å². The summed E-state index contributed by atoms with van der Waals surface area (Å²) < 4.78 is 5.04. The number of esters is 1. The van der Waals surface area contributed by atoms with E-state index < -0.39 is 33.5 Å². The highest BCUT2D eigenvalue weighted by atomic mass is 35.5. The van der Waals surface area contributed by atoms with Crippen LogP contribution in [0.1, 0.15) is 17.3 Å². The predicted molar refractivity (Wildman–Crippen MR) is 116 cm³/mol. The fourth-order valence-corrected chi connectivity index (χ4v) is 3.44. The number of nitrogens with one attached hydrogen (secondary N) is 1. The summed E-state index contributed by atoms with van der Waals surface area (Å²) in [5, 5.41) is 26.4. The first-order chi connectivity index (χ1) is 15.2.